The average Bonchev–Trinajstić information content (AvgIpc) is 2.32. The molecule has 2 aromatic carbocycles. The Kier molecular flexibility index (Phi) is 4.82. The average molecular weight is 428 g/mol. The SMILES string of the molecule is Cc1cc(Br)c(C(Cl)c2c(F)cc(F)cc2F)cc1Br. The van der Waals surface area contributed by atoms with Crippen LogP contribution in [0.4, 0.5) is 13.2 Å². The Balaban J connectivity index is 2.57. The standard InChI is InChI=1S/C14H8Br2ClF3/c1-6-2-10(16)8(5-9(6)15)14(17)13-11(19)3-7(18)4-12(13)20/h2-5,14H,1H3. The summed E-state index contributed by atoms with van der Waals surface area (Å²) >= 11 is 12.8. The summed E-state index contributed by atoms with van der Waals surface area (Å²) in [5, 5.41) is -1.07. The van der Waals surface area contributed by atoms with Crippen molar-refractivity contribution in [3.05, 3.63) is 67.4 Å². The van der Waals surface area contributed by atoms with E-state index in [2.05, 4.69) is 31.9 Å². The van der Waals surface area contributed by atoms with Gasteiger partial charge in [-0.2, -0.15) is 0 Å². The molecule has 6 heteroatoms. The van der Waals surface area contributed by atoms with E-state index in [1.165, 1.54) is 0 Å². The lowest BCUT2D eigenvalue weighted by atomic mass is 10.0. The van der Waals surface area contributed by atoms with Gasteiger partial charge in [0.05, 0.1) is 5.38 Å². The minimum absolute atomic E-state index is 0.371. The van der Waals surface area contributed by atoms with E-state index in [-0.39, 0.29) is 5.56 Å². The van der Waals surface area contributed by atoms with Crippen LogP contribution in [-0.2, 0) is 0 Å². The fourth-order valence-corrected chi connectivity index (χ4v) is 3.38. The second-order valence-corrected chi connectivity index (χ2v) is 6.41. The first-order valence-corrected chi connectivity index (χ1v) is 7.57. The second kappa shape index (κ2) is 6.08. The second-order valence-electron chi connectivity index (χ2n) is 4.27. The van der Waals surface area contributed by atoms with Crippen molar-refractivity contribution in [2.75, 3.05) is 0 Å². The van der Waals surface area contributed by atoms with Crippen LogP contribution < -0.4 is 0 Å². The fourth-order valence-electron chi connectivity index (χ4n) is 1.81. The van der Waals surface area contributed by atoms with Gasteiger partial charge in [-0.1, -0.05) is 31.9 Å². The Morgan fingerprint density at radius 3 is 2.05 bits per heavy atom. The minimum Gasteiger partial charge on any atom is -0.207 e. The summed E-state index contributed by atoms with van der Waals surface area (Å²) in [6, 6.07) is 4.70. The van der Waals surface area contributed by atoms with Crippen LogP contribution in [0.25, 0.3) is 0 Å². The summed E-state index contributed by atoms with van der Waals surface area (Å²) < 4.78 is 41.9. The van der Waals surface area contributed by atoms with Crippen molar-refractivity contribution >= 4 is 43.5 Å². The van der Waals surface area contributed by atoms with Crippen molar-refractivity contribution in [3.63, 3.8) is 0 Å². The normalized spacial score (nSPS) is 12.6. The van der Waals surface area contributed by atoms with Gasteiger partial charge >= 0.3 is 0 Å². The molecule has 0 aliphatic heterocycles. The van der Waals surface area contributed by atoms with Crippen molar-refractivity contribution < 1.29 is 13.2 Å². The third kappa shape index (κ3) is 3.05. The minimum atomic E-state index is -1.07. The fraction of sp³-hybridized carbons (Fsp3) is 0.143. The van der Waals surface area contributed by atoms with Crippen LogP contribution in [0.2, 0.25) is 0 Å². The first-order valence-electron chi connectivity index (χ1n) is 5.55. The molecule has 0 N–H and O–H groups in total. The van der Waals surface area contributed by atoms with E-state index in [0.29, 0.717) is 22.2 Å². The monoisotopic (exact) mass is 426 g/mol. The summed E-state index contributed by atoms with van der Waals surface area (Å²) in [6.45, 7) is 1.88. The Hall–Kier alpha value is -0.520. The summed E-state index contributed by atoms with van der Waals surface area (Å²) in [6.07, 6.45) is 0. The van der Waals surface area contributed by atoms with Crippen molar-refractivity contribution in [3.8, 4) is 0 Å². The molecule has 0 amide bonds. The van der Waals surface area contributed by atoms with Crippen molar-refractivity contribution in [2.45, 2.75) is 12.3 Å². The van der Waals surface area contributed by atoms with E-state index in [1.807, 2.05) is 6.92 Å². The van der Waals surface area contributed by atoms with E-state index in [9.17, 15) is 13.2 Å². The molecule has 0 heterocycles. The number of hydrogen-bond donors (Lipinski definition) is 0. The predicted molar refractivity (Wildman–Crippen MR) is 80.6 cm³/mol. The quantitative estimate of drug-likeness (QED) is 0.495. The molecule has 0 radical (unpaired) electrons. The number of hydrogen-bond acceptors (Lipinski definition) is 0. The lowest BCUT2D eigenvalue weighted by Gasteiger charge is -2.15. The van der Waals surface area contributed by atoms with Crippen LogP contribution in [0.15, 0.2) is 33.2 Å². The summed E-state index contributed by atoms with van der Waals surface area (Å²) in [7, 11) is 0. The highest BCUT2D eigenvalue weighted by Gasteiger charge is 2.23. The predicted octanol–water partition coefficient (Wildman–Crippen LogP) is 6.27. The summed E-state index contributed by atoms with van der Waals surface area (Å²) in [5.41, 5.74) is 1.07. The van der Waals surface area contributed by atoms with Gasteiger partial charge in [-0.3, -0.25) is 0 Å². The van der Waals surface area contributed by atoms with Crippen LogP contribution >= 0.6 is 43.5 Å². The maximum Gasteiger partial charge on any atom is 0.134 e. The molecule has 106 valence electrons. The molecule has 20 heavy (non-hydrogen) atoms. The topological polar surface area (TPSA) is 0 Å². The molecule has 0 spiro atoms. The third-order valence-electron chi connectivity index (χ3n) is 2.85. The van der Waals surface area contributed by atoms with Crippen LogP contribution in [0, 0.1) is 24.4 Å². The van der Waals surface area contributed by atoms with Crippen molar-refractivity contribution in [2.24, 2.45) is 0 Å². The molecule has 0 aliphatic carbocycles. The summed E-state index contributed by atoms with van der Waals surface area (Å²) in [5.74, 6) is -2.99. The van der Waals surface area contributed by atoms with Crippen LogP contribution in [0.1, 0.15) is 22.1 Å². The van der Waals surface area contributed by atoms with E-state index in [1.54, 1.807) is 12.1 Å². The Morgan fingerprint density at radius 2 is 1.50 bits per heavy atom. The molecule has 1 unspecified atom stereocenters. The highest BCUT2D eigenvalue weighted by molar-refractivity contribution is 9.11. The van der Waals surface area contributed by atoms with Crippen molar-refractivity contribution in [1.29, 1.82) is 0 Å². The molecule has 2 aromatic rings. The Morgan fingerprint density at radius 1 is 0.950 bits per heavy atom. The van der Waals surface area contributed by atoms with Gasteiger partial charge in [0.15, 0.2) is 0 Å². The van der Waals surface area contributed by atoms with Gasteiger partial charge in [0.1, 0.15) is 17.5 Å². The zero-order chi connectivity index (χ0) is 15.0. The third-order valence-corrected chi connectivity index (χ3v) is 4.84. The van der Waals surface area contributed by atoms with E-state index < -0.39 is 22.8 Å². The maximum atomic E-state index is 13.8. The first kappa shape index (κ1) is 15.9. The Bertz CT molecular complexity index is 651. The van der Waals surface area contributed by atoms with Gasteiger partial charge < -0.3 is 0 Å². The number of rotatable bonds is 2. The largest absolute Gasteiger partial charge is 0.207 e. The maximum absolute atomic E-state index is 13.8. The zero-order valence-corrected chi connectivity index (χ0v) is 14.1. The molecule has 0 aromatic heterocycles. The highest BCUT2D eigenvalue weighted by atomic mass is 79.9. The highest BCUT2D eigenvalue weighted by Crippen LogP contribution is 2.38. The van der Waals surface area contributed by atoms with Gasteiger partial charge in [0.2, 0.25) is 0 Å². The number of halogens is 6. The number of aryl methyl sites for hydroxylation is 1. The number of benzene rings is 2. The van der Waals surface area contributed by atoms with Gasteiger partial charge in [-0.25, -0.2) is 13.2 Å². The lowest BCUT2D eigenvalue weighted by Crippen LogP contribution is -2.03. The van der Waals surface area contributed by atoms with E-state index >= 15 is 0 Å². The molecule has 0 saturated carbocycles. The van der Waals surface area contributed by atoms with Gasteiger partial charge in [-0.15, -0.1) is 11.6 Å². The van der Waals surface area contributed by atoms with E-state index in [0.717, 1.165) is 10.0 Å². The molecule has 0 aliphatic rings. The lowest BCUT2D eigenvalue weighted by molar-refractivity contribution is 0.526. The van der Waals surface area contributed by atoms with Crippen molar-refractivity contribution in [1.82, 2.24) is 0 Å². The molecule has 0 nitrogen and oxygen atoms in total. The van der Waals surface area contributed by atoms with Crippen LogP contribution in [0.3, 0.4) is 0 Å². The molecular formula is C14H8Br2ClF3. The van der Waals surface area contributed by atoms with Gasteiger partial charge in [0, 0.05) is 26.6 Å². The first-order chi connectivity index (χ1) is 9.31. The summed E-state index contributed by atoms with van der Waals surface area (Å²) in [4.78, 5) is 0. The smallest absolute Gasteiger partial charge is 0.134 e. The number of alkyl halides is 1. The molecule has 0 saturated heterocycles. The Labute approximate surface area is 136 Å². The molecular weight excluding hydrogens is 420 g/mol. The van der Waals surface area contributed by atoms with E-state index in [4.69, 9.17) is 11.6 Å². The van der Waals surface area contributed by atoms with Gasteiger partial charge in [-0.05, 0) is 30.2 Å². The molecule has 0 bridgehead atoms. The van der Waals surface area contributed by atoms with Gasteiger partial charge in [0.25, 0.3) is 0 Å². The molecule has 2 rings (SSSR count). The zero-order valence-electron chi connectivity index (χ0n) is 10.2. The van der Waals surface area contributed by atoms with Crippen LogP contribution in [-0.4, -0.2) is 0 Å². The van der Waals surface area contributed by atoms with Crippen LogP contribution in [0.5, 0.6) is 0 Å². The molecule has 0 fully saturated rings. The molecule has 1 atom stereocenters.